The van der Waals surface area contributed by atoms with Gasteiger partial charge in [0.2, 0.25) is 17.3 Å². The molecule has 0 fully saturated rings. The Labute approximate surface area is 159 Å². The molecule has 0 aliphatic carbocycles. The maximum Gasteiger partial charge on any atom is 0.573 e. The first kappa shape index (κ1) is 22.0. The van der Waals surface area contributed by atoms with Gasteiger partial charge in [0.05, 0.1) is 19.8 Å². The summed E-state index contributed by atoms with van der Waals surface area (Å²) in [4.78, 5) is 11.4. The maximum absolute atomic E-state index is 14.5. The van der Waals surface area contributed by atoms with Crippen molar-refractivity contribution in [2.24, 2.45) is 0 Å². The molecular formula is C17H12F6O6. The summed E-state index contributed by atoms with van der Waals surface area (Å²) < 4.78 is 99.0. The number of hydrogen-bond acceptors (Lipinski definition) is 6. The van der Waals surface area contributed by atoms with Gasteiger partial charge in [-0.25, -0.2) is 4.79 Å². The lowest BCUT2D eigenvalue weighted by Gasteiger charge is -2.18. The van der Waals surface area contributed by atoms with Crippen LogP contribution >= 0.6 is 0 Å². The first-order chi connectivity index (χ1) is 13.6. The van der Waals surface area contributed by atoms with Crippen molar-refractivity contribution in [1.29, 1.82) is 0 Å². The zero-order chi connectivity index (χ0) is 21.8. The average Bonchev–Trinajstić information content (AvgIpc) is 2.64. The topological polar surface area (TPSA) is 63.2 Å². The van der Waals surface area contributed by atoms with E-state index < -0.39 is 47.8 Å². The molecule has 0 bridgehead atoms. The van der Waals surface area contributed by atoms with E-state index in [2.05, 4.69) is 18.9 Å². The van der Waals surface area contributed by atoms with Crippen LogP contribution in [0.2, 0.25) is 0 Å². The Balaban J connectivity index is 2.48. The second kappa shape index (κ2) is 8.80. The Morgan fingerprint density at radius 3 is 2.10 bits per heavy atom. The highest BCUT2D eigenvalue weighted by atomic mass is 19.4. The largest absolute Gasteiger partial charge is 0.573 e. The highest BCUT2D eigenvalue weighted by Gasteiger charge is 2.37. The minimum atomic E-state index is -5.39. The number of ether oxygens (including phenoxy) is 5. The Bertz CT molecular complexity index is 866. The van der Waals surface area contributed by atoms with Gasteiger partial charge >= 0.3 is 18.9 Å². The van der Waals surface area contributed by atoms with Crippen molar-refractivity contribution < 1.29 is 54.8 Å². The predicted molar refractivity (Wildman–Crippen MR) is 84.1 cm³/mol. The van der Waals surface area contributed by atoms with Gasteiger partial charge in [-0.1, -0.05) is 0 Å². The summed E-state index contributed by atoms with van der Waals surface area (Å²) in [5, 5.41) is 0. The van der Waals surface area contributed by atoms with Gasteiger partial charge in [-0.05, 0) is 24.3 Å². The molecule has 0 spiro atoms. The van der Waals surface area contributed by atoms with Crippen LogP contribution in [0.1, 0.15) is 10.4 Å². The van der Waals surface area contributed by atoms with E-state index in [1.807, 2.05) is 0 Å². The third-order valence-electron chi connectivity index (χ3n) is 3.25. The molecule has 12 heteroatoms. The van der Waals surface area contributed by atoms with Gasteiger partial charge in [-0.15, -0.1) is 13.2 Å². The third-order valence-corrected chi connectivity index (χ3v) is 3.25. The van der Waals surface area contributed by atoms with E-state index in [0.29, 0.717) is 6.07 Å². The highest BCUT2D eigenvalue weighted by Crippen LogP contribution is 2.46. The molecule has 6 nitrogen and oxygen atoms in total. The van der Waals surface area contributed by atoms with Crippen LogP contribution in [0.5, 0.6) is 28.7 Å². The highest BCUT2D eigenvalue weighted by molar-refractivity contribution is 5.89. The SMILES string of the molecule is COC(=O)c1ccc(Oc2cc(OC(F)F)c(OC(F)(F)F)c(F)c2OC)cc1. The lowest BCUT2D eigenvalue weighted by Crippen LogP contribution is -2.19. The minimum absolute atomic E-state index is 0.0251. The van der Waals surface area contributed by atoms with Crippen LogP contribution in [-0.2, 0) is 4.74 Å². The van der Waals surface area contributed by atoms with Gasteiger partial charge in [0, 0.05) is 6.07 Å². The van der Waals surface area contributed by atoms with Crippen molar-refractivity contribution in [3.63, 3.8) is 0 Å². The Morgan fingerprint density at radius 2 is 1.62 bits per heavy atom. The Kier molecular flexibility index (Phi) is 6.67. The van der Waals surface area contributed by atoms with E-state index in [0.717, 1.165) is 14.2 Å². The van der Waals surface area contributed by atoms with Gasteiger partial charge in [-0.2, -0.15) is 13.2 Å². The average molecular weight is 426 g/mol. The number of halogens is 6. The van der Waals surface area contributed by atoms with Gasteiger partial charge in [0.25, 0.3) is 0 Å². The molecule has 0 unspecified atom stereocenters. The van der Waals surface area contributed by atoms with Crippen molar-refractivity contribution in [1.82, 2.24) is 0 Å². The fourth-order valence-electron chi connectivity index (χ4n) is 2.13. The fourth-order valence-corrected chi connectivity index (χ4v) is 2.13. The minimum Gasteiger partial charge on any atom is -0.490 e. The van der Waals surface area contributed by atoms with Crippen molar-refractivity contribution in [3.8, 4) is 28.7 Å². The van der Waals surface area contributed by atoms with Crippen LogP contribution in [-0.4, -0.2) is 33.2 Å². The summed E-state index contributed by atoms with van der Waals surface area (Å²) in [6.07, 6.45) is -5.39. The molecule has 0 heterocycles. The van der Waals surface area contributed by atoms with Crippen LogP contribution < -0.4 is 18.9 Å². The molecule has 0 aliphatic rings. The van der Waals surface area contributed by atoms with Crippen LogP contribution in [0.15, 0.2) is 30.3 Å². The number of hydrogen-bond donors (Lipinski definition) is 0. The molecule has 2 aromatic carbocycles. The summed E-state index contributed by atoms with van der Waals surface area (Å²) >= 11 is 0. The molecule has 0 aliphatic heterocycles. The predicted octanol–water partition coefficient (Wildman–Crippen LogP) is 4.91. The van der Waals surface area contributed by atoms with Gasteiger partial charge in [0.1, 0.15) is 5.75 Å². The van der Waals surface area contributed by atoms with Gasteiger partial charge in [0.15, 0.2) is 11.5 Å². The van der Waals surface area contributed by atoms with E-state index in [9.17, 15) is 31.1 Å². The molecule has 29 heavy (non-hydrogen) atoms. The monoisotopic (exact) mass is 426 g/mol. The number of rotatable bonds is 7. The summed E-state index contributed by atoms with van der Waals surface area (Å²) in [6.45, 7) is -3.58. The molecule has 2 rings (SSSR count). The molecule has 0 radical (unpaired) electrons. The second-order valence-corrected chi connectivity index (χ2v) is 5.09. The Hall–Kier alpha value is -3.31. The number of alkyl halides is 5. The zero-order valence-electron chi connectivity index (χ0n) is 14.7. The summed E-state index contributed by atoms with van der Waals surface area (Å²) in [7, 11) is 2.08. The lowest BCUT2D eigenvalue weighted by atomic mass is 10.2. The van der Waals surface area contributed by atoms with E-state index in [1.165, 1.54) is 24.3 Å². The lowest BCUT2D eigenvalue weighted by molar-refractivity contribution is -0.276. The summed E-state index contributed by atoms with van der Waals surface area (Å²) in [6, 6.07) is 5.60. The first-order valence-electron chi connectivity index (χ1n) is 7.53. The standard InChI is InChI=1S/C17H12F6O6/c1-25-13-10(27-9-5-3-8(4-6-9)15(24)26-2)7-11(28-16(19)20)14(12(13)18)29-17(21,22)23/h3-7,16H,1-2H3. The van der Waals surface area contributed by atoms with Crippen molar-refractivity contribution in [2.75, 3.05) is 14.2 Å². The van der Waals surface area contributed by atoms with Gasteiger partial charge < -0.3 is 23.7 Å². The van der Waals surface area contributed by atoms with Crippen LogP contribution in [0.25, 0.3) is 0 Å². The second-order valence-electron chi connectivity index (χ2n) is 5.09. The van der Waals surface area contributed by atoms with Crippen LogP contribution in [0.4, 0.5) is 26.3 Å². The summed E-state index contributed by atoms with van der Waals surface area (Å²) in [5.74, 6) is -6.81. The number of benzene rings is 2. The maximum atomic E-state index is 14.5. The molecule has 2 aromatic rings. The third kappa shape index (κ3) is 5.59. The van der Waals surface area contributed by atoms with E-state index in [-0.39, 0.29) is 11.3 Å². The number of esters is 1. The zero-order valence-corrected chi connectivity index (χ0v) is 14.7. The number of carbonyl (C=O) groups is 1. The normalized spacial score (nSPS) is 11.2. The molecule has 0 atom stereocenters. The molecule has 0 amide bonds. The van der Waals surface area contributed by atoms with E-state index in [4.69, 9.17) is 4.74 Å². The van der Waals surface area contributed by atoms with Crippen molar-refractivity contribution >= 4 is 5.97 Å². The number of carbonyl (C=O) groups excluding carboxylic acids is 1. The molecule has 0 aromatic heterocycles. The van der Waals surface area contributed by atoms with Crippen LogP contribution in [0, 0.1) is 5.82 Å². The molecule has 0 saturated carbocycles. The molecule has 0 N–H and O–H groups in total. The Morgan fingerprint density at radius 1 is 1.00 bits per heavy atom. The van der Waals surface area contributed by atoms with E-state index in [1.54, 1.807) is 0 Å². The van der Waals surface area contributed by atoms with Crippen molar-refractivity contribution in [3.05, 3.63) is 41.7 Å². The van der Waals surface area contributed by atoms with Gasteiger partial charge in [-0.3, -0.25) is 0 Å². The first-order valence-corrected chi connectivity index (χ1v) is 7.53. The quantitative estimate of drug-likeness (QED) is 0.463. The fraction of sp³-hybridized carbons (Fsp3) is 0.235. The molecule has 0 saturated heterocycles. The van der Waals surface area contributed by atoms with Crippen molar-refractivity contribution in [2.45, 2.75) is 13.0 Å². The molecular weight excluding hydrogens is 414 g/mol. The van der Waals surface area contributed by atoms with Crippen LogP contribution in [0.3, 0.4) is 0 Å². The van der Waals surface area contributed by atoms with E-state index >= 15 is 0 Å². The molecule has 158 valence electrons. The summed E-state index contributed by atoms with van der Waals surface area (Å²) in [5.41, 5.74) is 0.147. The number of methoxy groups -OCH3 is 2. The smallest absolute Gasteiger partial charge is 0.490 e.